The summed E-state index contributed by atoms with van der Waals surface area (Å²) in [7, 11) is 3.27. The monoisotopic (exact) mass is 404 g/mol. The molecule has 0 atom stereocenters. The van der Waals surface area contributed by atoms with Crippen molar-refractivity contribution >= 4 is 22.6 Å². The molecule has 4 aromatic rings. The first-order valence-electron chi connectivity index (χ1n) is 9.77. The van der Waals surface area contributed by atoms with Crippen LogP contribution in [-0.2, 0) is 17.8 Å². The van der Waals surface area contributed by atoms with Crippen molar-refractivity contribution in [3.63, 3.8) is 0 Å². The molecule has 0 unspecified atom stereocenters. The van der Waals surface area contributed by atoms with Crippen molar-refractivity contribution < 1.29 is 14.3 Å². The van der Waals surface area contributed by atoms with Crippen LogP contribution in [-0.4, -0.2) is 34.9 Å². The Bertz CT molecular complexity index is 1190. The van der Waals surface area contributed by atoms with E-state index < -0.39 is 0 Å². The number of methoxy groups -OCH3 is 2. The van der Waals surface area contributed by atoms with Crippen molar-refractivity contribution in [3.05, 3.63) is 60.2 Å². The molecule has 4 rings (SSSR count). The summed E-state index contributed by atoms with van der Waals surface area (Å²) in [6, 6.07) is 17.4. The van der Waals surface area contributed by atoms with Gasteiger partial charge in [-0.1, -0.05) is 12.1 Å². The van der Waals surface area contributed by atoms with Crippen molar-refractivity contribution in [2.45, 2.75) is 19.9 Å². The fraction of sp³-hybridized carbons (Fsp3) is 0.217. The van der Waals surface area contributed by atoms with E-state index in [4.69, 9.17) is 9.47 Å². The van der Waals surface area contributed by atoms with Gasteiger partial charge in [0.25, 0.3) is 0 Å². The largest absolute Gasteiger partial charge is 0.497 e. The van der Waals surface area contributed by atoms with Crippen molar-refractivity contribution in [3.8, 4) is 22.9 Å². The first kappa shape index (κ1) is 19.6. The third-order valence-corrected chi connectivity index (χ3v) is 5.05. The Balaban J connectivity index is 1.54. The number of benzene rings is 2. The summed E-state index contributed by atoms with van der Waals surface area (Å²) >= 11 is 0. The highest BCUT2D eigenvalue weighted by Crippen LogP contribution is 2.30. The topological polar surface area (TPSA) is 81.2 Å². The summed E-state index contributed by atoms with van der Waals surface area (Å²) in [4.78, 5) is 12.4. The Labute approximate surface area is 174 Å². The van der Waals surface area contributed by atoms with Crippen LogP contribution in [0.5, 0.6) is 11.5 Å². The molecule has 0 aliphatic rings. The van der Waals surface area contributed by atoms with Crippen molar-refractivity contribution in [2.24, 2.45) is 0 Å². The zero-order chi connectivity index (χ0) is 21.1. The van der Waals surface area contributed by atoms with E-state index in [-0.39, 0.29) is 12.3 Å². The zero-order valence-electron chi connectivity index (χ0n) is 17.2. The molecule has 0 spiro atoms. The first-order valence-corrected chi connectivity index (χ1v) is 9.77. The highest BCUT2D eigenvalue weighted by Gasteiger charge is 2.14. The summed E-state index contributed by atoms with van der Waals surface area (Å²) in [5, 5.41) is 11.3. The number of fused-ring (bicyclic) bond motifs is 1. The SMILES string of the molecule is CCn1c(-c2cc(NC(=O)Cc3cccc(OC)c3)n[nH]2)cc2ccc(OC)cc21. The second-order valence-corrected chi connectivity index (χ2v) is 6.94. The summed E-state index contributed by atoms with van der Waals surface area (Å²) in [6.45, 7) is 2.89. The number of rotatable bonds is 7. The molecule has 7 heteroatoms. The average molecular weight is 404 g/mol. The number of hydrogen-bond donors (Lipinski definition) is 2. The molecule has 2 N–H and O–H groups in total. The van der Waals surface area contributed by atoms with Crippen LogP contribution in [0.3, 0.4) is 0 Å². The number of hydrogen-bond acceptors (Lipinski definition) is 4. The molecule has 7 nitrogen and oxygen atoms in total. The minimum Gasteiger partial charge on any atom is -0.497 e. The molecule has 1 amide bonds. The third kappa shape index (κ3) is 3.87. The van der Waals surface area contributed by atoms with E-state index in [1.807, 2.05) is 48.5 Å². The number of nitrogens with one attached hydrogen (secondary N) is 2. The number of amides is 1. The number of nitrogens with zero attached hydrogens (tertiary/aromatic N) is 2. The standard InChI is InChI=1S/C23H24N4O3/c1-4-27-20-13-18(30-3)9-8-16(20)12-21(27)19-14-22(26-25-19)24-23(28)11-15-6-5-7-17(10-15)29-2/h5-10,12-14H,4,11H2,1-3H3,(H2,24,25,26,28). The third-order valence-electron chi connectivity index (χ3n) is 5.05. The van der Waals surface area contributed by atoms with Gasteiger partial charge >= 0.3 is 0 Å². The first-order chi connectivity index (χ1) is 14.6. The van der Waals surface area contributed by atoms with E-state index in [1.165, 1.54) is 0 Å². The van der Waals surface area contributed by atoms with Crippen LogP contribution in [0.25, 0.3) is 22.3 Å². The predicted octanol–water partition coefficient (Wildman–Crippen LogP) is 4.25. The second kappa shape index (κ2) is 8.32. The Morgan fingerprint density at radius 2 is 1.87 bits per heavy atom. The normalized spacial score (nSPS) is 10.9. The molecule has 0 fully saturated rings. The van der Waals surface area contributed by atoms with E-state index >= 15 is 0 Å². The van der Waals surface area contributed by atoms with Gasteiger partial charge in [-0.25, -0.2) is 0 Å². The molecule has 0 saturated heterocycles. The lowest BCUT2D eigenvalue weighted by Crippen LogP contribution is -2.14. The minimum atomic E-state index is -0.137. The summed E-state index contributed by atoms with van der Waals surface area (Å²) in [5.74, 6) is 1.90. The fourth-order valence-corrected chi connectivity index (χ4v) is 3.60. The Kier molecular flexibility index (Phi) is 5.43. The molecule has 0 bridgehead atoms. The number of carbonyl (C=O) groups excluding carboxylic acids is 1. The Hall–Kier alpha value is -3.74. The van der Waals surface area contributed by atoms with Gasteiger partial charge in [-0.3, -0.25) is 9.89 Å². The van der Waals surface area contributed by atoms with Gasteiger partial charge in [0.1, 0.15) is 11.5 Å². The highest BCUT2D eigenvalue weighted by molar-refractivity contribution is 5.92. The van der Waals surface area contributed by atoms with Gasteiger partial charge in [-0.05, 0) is 42.8 Å². The molecule has 0 saturated carbocycles. The molecule has 2 aromatic carbocycles. The van der Waals surface area contributed by atoms with Gasteiger partial charge in [-0.2, -0.15) is 5.10 Å². The number of H-pyrrole nitrogens is 1. The number of aromatic amines is 1. The van der Waals surface area contributed by atoms with Crippen LogP contribution in [0.1, 0.15) is 12.5 Å². The van der Waals surface area contributed by atoms with Gasteiger partial charge < -0.3 is 19.4 Å². The van der Waals surface area contributed by atoms with Gasteiger partial charge in [-0.15, -0.1) is 0 Å². The van der Waals surface area contributed by atoms with Gasteiger partial charge in [0, 0.05) is 24.1 Å². The van der Waals surface area contributed by atoms with Crippen LogP contribution in [0.4, 0.5) is 5.82 Å². The summed E-state index contributed by atoms with van der Waals surface area (Å²) in [5.41, 5.74) is 3.80. The summed E-state index contributed by atoms with van der Waals surface area (Å²) in [6.07, 6.45) is 0.244. The molecule has 0 aliphatic heterocycles. The lowest BCUT2D eigenvalue weighted by molar-refractivity contribution is -0.115. The van der Waals surface area contributed by atoms with Gasteiger partial charge in [0.2, 0.25) is 5.91 Å². The lowest BCUT2D eigenvalue weighted by Gasteiger charge is -2.07. The van der Waals surface area contributed by atoms with Crippen molar-refractivity contribution in [1.82, 2.24) is 14.8 Å². The molecular weight excluding hydrogens is 380 g/mol. The van der Waals surface area contributed by atoms with E-state index in [9.17, 15) is 4.79 Å². The average Bonchev–Trinajstić information content (AvgIpc) is 3.37. The maximum atomic E-state index is 12.4. The van der Waals surface area contributed by atoms with Gasteiger partial charge in [0.15, 0.2) is 5.82 Å². The van der Waals surface area contributed by atoms with Crippen LogP contribution in [0, 0.1) is 0 Å². The molecule has 2 heterocycles. The van der Waals surface area contributed by atoms with Crippen molar-refractivity contribution in [1.29, 1.82) is 0 Å². The summed E-state index contributed by atoms with van der Waals surface area (Å²) < 4.78 is 12.8. The molecule has 2 aromatic heterocycles. The number of carbonyl (C=O) groups is 1. The number of ether oxygens (including phenoxy) is 2. The van der Waals surface area contributed by atoms with E-state index in [1.54, 1.807) is 14.2 Å². The maximum absolute atomic E-state index is 12.4. The minimum absolute atomic E-state index is 0.137. The molecule has 154 valence electrons. The number of aromatic nitrogens is 3. The lowest BCUT2D eigenvalue weighted by atomic mass is 10.1. The predicted molar refractivity (Wildman–Crippen MR) is 117 cm³/mol. The number of anilines is 1. The molecule has 30 heavy (non-hydrogen) atoms. The second-order valence-electron chi connectivity index (χ2n) is 6.94. The Morgan fingerprint density at radius 3 is 2.63 bits per heavy atom. The van der Waals surface area contributed by atoms with Crippen molar-refractivity contribution in [2.75, 3.05) is 19.5 Å². The molecule has 0 aliphatic carbocycles. The van der Waals surface area contributed by atoms with Crippen LogP contribution < -0.4 is 14.8 Å². The quantitative estimate of drug-likeness (QED) is 0.483. The van der Waals surface area contributed by atoms with Crippen LogP contribution in [0.2, 0.25) is 0 Å². The van der Waals surface area contributed by atoms with Crippen LogP contribution in [0.15, 0.2) is 54.6 Å². The highest BCUT2D eigenvalue weighted by atomic mass is 16.5. The number of aryl methyl sites for hydroxylation is 1. The molecular formula is C23H24N4O3. The van der Waals surface area contributed by atoms with Gasteiger partial charge in [0.05, 0.1) is 37.5 Å². The smallest absolute Gasteiger partial charge is 0.229 e. The van der Waals surface area contributed by atoms with E-state index in [2.05, 4.69) is 33.1 Å². The fourth-order valence-electron chi connectivity index (χ4n) is 3.60. The van der Waals surface area contributed by atoms with E-state index in [0.717, 1.165) is 45.9 Å². The Morgan fingerprint density at radius 1 is 1.07 bits per heavy atom. The van der Waals surface area contributed by atoms with Crippen LogP contribution >= 0.6 is 0 Å². The maximum Gasteiger partial charge on any atom is 0.229 e. The zero-order valence-corrected chi connectivity index (χ0v) is 17.2. The molecule has 0 radical (unpaired) electrons. The van der Waals surface area contributed by atoms with E-state index in [0.29, 0.717) is 5.82 Å².